The van der Waals surface area contributed by atoms with Crippen molar-refractivity contribution in [1.82, 2.24) is 19.4 Å². The first-order chi connectivity index (χ1) is 25.3. The number of rotatable bonds is 5. The molecule has 0 spiro atoms. The van der Waals surface area contributed by atoms with Crippen molar-refractivity contribution in [1.29, 1.82) is 0 Å². The summed E-state index contributed by atoms with van der Waals surface area (Å²) < 4.78 is 2.47. The third kappa shape index (κ3) is 4.88. The Morgan fingerprint density at radius 2 is 0.745 bits per heavy atom. The smallest absolute Gasteiger partial charge is 0.164 e. The molecule has 4 heteroatoms. The van der Waals surface area contributed by atoms with Crippen LogP contribution in [-0.4, -0.2) is 19.4 Å². The standard InChI is InChI=1S/C47H30N4/c1-4-14-31(15-5-1)36-28-29-40-42(30-36)51-41-23-13-12-21-38(41)37-20-10-11-22-39(37)44(51)43(40)32-24-26-35(27-25-32)47-49-45(33-16-6-2-7-17-33)48-46(50-47)34-18-8-3-9-19-34/h1-30H. The monoisotopic (exact) mass is 650 g/mol. The molecule has 0 unspecified atom stereocenters. The fourth-order valence-electron chi connectivity index (χ4n) is 7.44. The molecule has 0 fully saturated rings. The Morgan fingerprint density at radius 1 is 0.294 bits per heavy atom. The highest BCUT2D eigenvalue weighted by atomic mass is 15.0. The van der Waals surface area contributed by atoms with E-state index in [-0.39, 0.29) is 0 Å². The van der Waals surface area contributed by atoms with Crippen LogP contribution in [0.5, 0.6) is 0 Å². The first-order valence-electron chi connectivity index (χ1n) is 17.2. The van der Waals surface area contributed by atoms with Gasteiger partial charge in [-0.2, -0.15) is 0 Å². The molecule has 0 amide bonds. The van der Waals surface area contributed by atoms with Crippen LogP contribution >= 0.6 is 0 Å². The Hall–Kier alpha value is -6.91. The largest absolute Gasteiger partial charge is 0.308 e. The van der Waals surface area contributed by atoms with Crippen molar-refractivity contribution in [2.24, 2.45) is 0 Å². The van der Waals surface area contributed by atoms with Gasteiger partial charge in [-0.25, -0.2) is 15.0 Å². The number of hydrogen-bond acceptors (Lipinski definition) is 3. The molecule has 7 aromatic carbocycles. The first kappa shape index (κ1) is 29.0. The highest BCUT2D eigenvalue weighted by Crippen LogP contribution is 2.43. The Bertz CT molecular complexity index is 2820. The highest BCUT2D eigenvalue weighted by molar-refractivity contribution is 6.22. The second-order valence-electron chi connectivity index (χ2n) is 12.8. The van der Waals surface area contributed by atoms with Crippen molar-refractivity contribution in [3.05, 3.63) is 182 Å². The van der Waals surface area contributed by atoms with Crippen LogP contribution < -0.4 is 0 Å². The number of pyridine rings is 1. The van der Waals surface area contributed by atoms with E-state index in [9.17, 15) is 0 Å². The summed E-state index contributed by atoms with van der Waals surface area (Å²) in [6.45, 7) is 0. The topological polar surface area (TPSA) is 43.1 Å². The molecule has 4 nitrogen and oxygen atoms in total. The van der Waals surface area contributed by atoms with Gasteiger partial charge < -0.3 is 4.40 Å². The average molecular weight is 651 g/mol. The molecule has 0 radical (unpaired) electrons. The van der Waals surface area contributed by atoms with E-state index in [0.29, 0.717) is 17.5 Å². The molecule has 0 N–H and O–H groups in total. The van der Waals surface area contributed by atoms with Gasteiger partial charge in [-0.05, 0) is 34.2 Å². The fraction of sp³-hybridized carbons (Fsp3) is 0. The maximum absolute atomic E-state index is 4.98. The number of fused-ring (bicyclic) bond motifs is 8. The molecular formula is C47H30N4. The van der Waals surface area contributed by atoms with Crippen LogP contribution in [0, 0.1) is 0 Å². The molecule has 0 saturated carbocycles. The summed E-state index contributed by atoms with van der Waals surface area (Å²) in [5.74, 6) is 1.95. The minimum atomic E-state index is 0.643. The minimum Gasteiger partial charge on any atom is -0.308 e. The van der Waals surface area contributed by atoms with Gasteiger partial charge in [0.25, 0.3) is 0 Å². The molecule has 10 rings (SSSR count). The van der Waals surface area contributed by atoms with E-state index in [2.05, 4.69) is 126 Å². The number of nitrogens with zero attached hydrogens (tertiary/aromatic N) is 4. The summed E-state index contributed by atoms with van der Waals surface area (Å²) in [6.07, 6.45) is 0. The summed E-state index contributed by atoms with van der Waals surface area (Å²) >= 11 is 0. The van der Waals surface area contributed by atoms with E-state index in [1.54, 1.807) is 0 Å². The number of benzene rings is 7. The van der Waals surface area contributed by atoms with Crippen LogP contribution in [0.15, 0.2) is 182 Å². The van der Waals surface area contributed by atoms with E-state index in [1.807, 2.05) is 60.7 Å². The molecular weight excluding hydrogens is 621 g/mol. The Kier molecular flexibility index (Phi) is 6.78. The Labute approximate surface area is 295 Å². The van der Waals surface area contributed by atoms with Gasteiger partial charge >= 0.3 is 0 Å². The van der Waals surface area contributed by atoms with Crippen LogP contribution in [0.1, 0.15) is 0 Å². The van der Waals surface area contributed by atoms with Crippen LogP contribution in [0.25, 0.3) is 94.5 Å². The third-order valence-electron chi connectivity index (χ3n) is 9.82. The highest BCUT2D eigenvalue weighted by Gasteiger charge is 2.20. The van der Waals surface area contributed by atoms with Crippen LogP contribution in [-0.2, 0) is 0 Å². The fourth-order valence-corrected chi connectivity index (χ4v) is 7.44. The molecule has 10 aromatic rings. The number of aromatic nitrogens is 4. The van der Waals surface area contributed by atoms with Gasteiger partial charge in [-0.1, -0.05) is 170 Å². The molecule has 238 valence electrons. The summed E-state index contributed by atoms with van der Waals surface area (Å²) in [5, 5.41) is 4.92. The molecule has 0 bridgehead atoms. The van der Waals surface area contributed by atoms with Gasteiger partial charge in [-0.3, -0.25) is 0 Å². The summed E-state index contributed by atoms with van der Waals surface area (Å²) in [6, 6.07) is 64.0. The van der Waals surface area contributed by atoms with Crippen molar-refractivity contribution >= 4 is 38.1 Å². The SMILES string of the molecule is c1ccc(-c2ccc3c(-c4ccc(-c5nc(-c6ccccc6)nc(-c6ccccc6)n5)cc4)c4c5ccccc5c5ccccc5n4c3c2)cc1. The molecule has 3 heterocycles. The van der Waals surface area contributed by atoms with Crippen LogP contribution in [0.3, 0.4) is 0 Å². The molecule has 0 aliphatic carbocycles. The lowest BCUT2D eigenvalue weighted by molar-refractivity contribution is 1.07. The molecule has 0 saturated heterocycles. The van der Waals surface area contributed by atoms with Gasteiger partial charge in [0.05, 0.1) is 16.6 Å². The zero-order valence-electron chi connectivity index (χ0n) is 27.6. The normalized spacial score (nSPS) is 11.5. The van der Waals surface area contributed by atoms with Gasteiger partial charge in [0.2, 0.25) is 0 Å². The van der Waals surface area contributed by atoms with E-state index in [0.717, 1.165) is 22.3 Å². The average Bonchev–Trinajstić information content (AvgIpc) is 3.57. The van der Waals surface area contributed by atoms with Crippen molar-refractivity contribution in [2.75, 3.05) is 0 Å². The maximum Gasteiger partial charge on any atom is 0.164 e. The zero-order valence-corrected chi connectivity index (χ0v) is 27.6. The van der Waals surface area contributed by atoms with Crippen molar-refractivity contribution in [3.8, 4) is 56.4 Å². The van der Waals surface area contributed by atoms with E-state index in [1.165, 1.54) is 54.8 Å². The van der Waals surface area contributed by atoms with Crippen molar-refractivity contribution in [3.63, 3.8) is 0 Å². The lowest BCUT2D eigenvalue weighted by atomic mass is 9.97. The van der Waals surface area contributed by atoms with Gasteiger partial charge in [-0.15, -0.1) is 0 Å². The lowest BCUT2D eigenvalue weighted by Crippen LogP contribution is -2.00. The molecule has 0 aliphatic rings. The maximum atomic E-state index is 4.98. The third-order valence-corrected chi connectivity index (χ3v) is 9.82. The van der Waals surface area contributed by atoms with Gasteiger partial charge in [0, 0.05) is 38.4 Å². The van der Waals surface area contributed by atoms with E-state index < -0.39 is 0 Å². The predicted octanol–water partition coefficient (Wildman–Crippen LogP) is 11.9. The number of hydrogen-bond donors (Lipinski definition) is 0. The second-order valence-corrected chi connectivity index (χ2v) is 12.8. The Balaban J connectivity index is 1.20. The molecule has 51 heavy (non-hydrogen) atoms. The second kappa shape index (κ2) is 11.9. The molecule has 0 aliphatic heterocycles. The van der Waals surface area contributed by atoms with Crippen molar-refractivity contribution in [2.45, 2.75) is 0 Å². The summed E-state index contributed by atoms with van der Waals surface area (Å²) in [7, 11) is 0. The predicted molar refractivity (Wildman–Crippen MR) is 210 cm³/mol. The Morgan fingerprint density at radius 3 is 1.35 bits per heavy atom. The van der Waals surface area contributed by atoms with Gasteiger partial charge in [0.1, 0.15) is 0 Å². The van der Waals surface area contributed by atoms with Crippen LogP contribution in [0.2, 0.25) is 0 Å². The number of para-hydroxylation sites is 1. The zero-order chi connectivity index (χ0) is 33.7. The van der Waals surface area contributed by atoms with Crippen molar-refractivity contribution < 1.29 is 0 Å². The van der Waals surface area contributed by atoms with E-state index in [4.69, 9.17) is 15.0 Å². The summed E-state index contributed by atoms with van der Waals surface area (Å²) in [5.41, 5.74) is 11.2. The van der Waals surface area contributed by atoms with E-state index >= 15 is 0 Å². The molecule has 3 aromatic heterocycles. The summed E-state index contributed by atoms with van der Waals surface area (Å²) in [4.78, 5) is 14.8. The van der Waals surface area contributed by atoms with Crippen LogP contribution in [0.4, 0.5) is 0 Å². The van der Waals surface area contributed by atoms with Gasteiger partial charge in [0.15, 0.2) is 17.5 Å². The lowest BCUT2D eigenvalue weighted by Gasteiger charge is -2.12. The first-order valence-corrected chi connectivity index (χ1v) is 17.2. The quantitative estimate of drug-likeness (QED) is 0.174. The minimum absolute atomic E-state index is 0.643. The molecule has 0 atom stereocenters.